The highest BCUT2D eigenvalue weighted by Crippen LogP contribution is 2.22. The number of carbonyl (C=O) groups is 1. The van der Waals surface area contributed by atoms with Crippen molar-refractivity contribution in [2.24, 2.45) is 0 Å². The van der Waals surface area contributed by atoms with Gasteiger partial charge >= 0.3 is 0 Å². The minimum Gasteiger partial charge on any atom is -0.353 e. The molecular weight excluding hydrogens is 395 g/mol. The lowest BCUT2D eigenvalue weighted by Gasteiger charge is -2.16. The van der Waals surface area contributed by atoms with Gasteiger partial charge in [0.2, 0.25) is 15.9 Å². The van der Waals surface area contributed by atoms with Crippen LogP contribution >= 0.6 is 23.2 Å². The highest BCUT2D eigenvalue weighted by atomic mass is 35.5. The van der Waals surface area contributed by atoms with Crippen molar-refractivity contribution in [3.63, 3.8) is 0 Å². The molecule has 0 radical (unpaired) electrons. The number of benzene rings is 2. The maximum Gasteiger partial charge on any atom is 0.229 e. The Kier molecular flexibility index (Phi) is 6.92. The number of para-hydroxylation sites is 1. The maximum absolute atomic E-state index is 12.3. The lowest BCUT2D eigenvalue weighted by Crippen LogP contribution is -2.35. The van der Waals surface area contributed by atoms with E-state index in [1.165, 1.54) is 0 Å². The Morgan fingerprint density at radius 1 is 1.12 bits per heavy atom. The smallest absolute Gasteiger partial charge is 0.229 e. The van der Waals surface area contributed by atoms with Crippen molar-refractivity contribution in [2.75, 3.05) is 11.0 Å². The quantitative estimate of drug-likeness (QED) is 0.725. The standard InChI is InChI=1S/C18H20Cl2N2O3S/c1-12(9-13-7-8-15(19)11-16(13)20)21-18(23)10-14-5-3-4-6-17(14)22-26(2,24)25/h3-8,11-12,22H,9-10H2,1-2H3,(H,21,23). The molecule has 8 heteroatoms. The van der Waals surface area contributed by atoms with E-state index in [1.54, 1.807) is 36.4 Å². The Balaban J connectivity index is 2.00. The number of hydrogen-bond donors (Lipinski definition) is 2. The molecule has 1 amide bonds. The van der Waals surface area contributed by atoms with Crippen LogP contribution in [0, 0.1) is 0 Å². The van der Waals surface area contributed by atoms with Gasteiger partial charge in [0.25, 0.3) is 0 Å². The van der Waals surface area contributed by atoms with Crippen LogP contribution < -0.4 is 10.0 Å². The van der Waals surface area contributed by atoms with E-state index in [2.05, 4.69) is 10.0 Å². The monoisotopic (exact) mass is 414 g/mol. The van der Waals surface area contributed by atoms with Crippen LogP contribution in [-0.4, -0.2) is 26.6 Å². The van der Waals surface area contributed by atoms with E-state index in [0.29, 0.717) is 27.7 Å². The molecular formula is C18H20Cl2N2O3S. The number of carbonyl (C=O) groups excluding carboxylic acids is 1. The molecule has 1 atom stereocenters. The van der Waals surface area contributed by atoms with Gasteiger partial charge in [-0.2, -0.15) is 0 Å². The fourth-order valence-electron chi connectivity index (χ4n) is 2.54. The molecule has 0 aliphatic carbocycles. The number of sulfonamides is 1. The maximum atomic E-state index is 12.3. The second-order valence-electron chi connectivity index (χ2n) is 6.12. The molecule has 26 heavy (non-hydrogen) atoms. The van der Waals surface area contributed by atoms with Gasteiger partial charge in [-0.1, -0.05) is 47.5 Å². The third-order valence-corrected chi connectivity index (χ3v) is 4.79. The van der Waals surface area contributed by atoms with Crippen LogP contribution in [0.25, 0.3) is 0 Å². The molecule has 2 rings (SSSR count). The highest BCUT2D eigenvalue weighted by molar-refractivity contribution is 7.92. The van der Waals surface area contributed by atoms with Crippen LogP contribution in [0.4, 0.5) is 5.69 Å². The topological polar surface area (TPSA) is 75.3 Å². The first-order valence-corrected chi connectivity index (χ1v) is 10.6. The third-order valence-electron chi connectivity index (χ3n) is 3.61. The Labute approximate surface area is 163 Å². The average molecular weight is 415 g/mol. The van der Waals surface area contributed by atoms with E-state index in [4.69, 9.17) is 23.2 Å². The van der Waals surface area contributed by atoms with Gasteiger partial charge in [-0.25, -0.2) is 8.42 Å². The molecule has 1 unspecified atom stereocenters. The summed E-state index contributed by atoms with van der Waals surface area (Å²) < 4.78 is 25.3. The second-order valence-corrected chi connectivity index (χ2v) is 8.71. The third kappa shape index (κ3) is 6.52. The van der Waals surface area contributed by atoms with Gasteiger partial charge in [0.1, 0.15) is 0 Å². The average Bonchev–Trinajstić information content (AvgIpc) is 2.50. The van der Waals surface area contributed by atoms with E-state index >= 15 is 0 Å². The molecule has 0 aliphatic heterocycles. The summed E-state index contributed by atoms with van der Waals surface area (Å²) in [5.41, 5.74) is 1.90. The van der Waals surface area contributed by atoms with Crippen molar-refractivity contribution in [1.82, 2.24) is 5.32 Å². The number of rotatable bonds is 7. The van der Waals surface area contributed by atoms with Crippen LogP contribution in [0.1, 0.15) is 18.1 Å². The van der Waals surface area contributed by atoms with E-state index in [0.717, 1.165) is 11.8 Å². The van der Waals surface area contributed by atoms with Gasteiger partial charge in [0, 0.05) is 16.1 Å². The minimum absolute atomic E-state index is 0.0668. The van der Waals surface area contributed by atoms with Crippen molar-refractivity contribution >= 4 is 44.8 Å². The van der Waals surface area contributed by atoms with Crippen molar-refractivity contribution in [2.45, 2.75) is 25.8 Å². The lowest BCUT2D eigenvalue weighted by atomic mass is 10.1. The van der Waals surface area contributed by atoms with Crippen molar-refractivity contribution < 1.29 is 13.2 Å². The number of amides is 1. The van der Waals surface area contributed by atoms with Crippen molar-refractivity contribution in [3.05, 3.63) is 63.6 Å². The fourth-order valence-corrected chi connectivity index (χ4v) is 3.62. The largest absolute Gasteiger partial charge is 0.353 e. The second kappa shape index (κ2) is 8.75. The normalized spacial score (nSPS) is 12.5. The Morgan fingerprint density at radius 2 is 1.81 bits per heavy atom. The zero-order valence-corrected chi connectivity index (χ0v) is 16.8. The molecule has 0 heterocycles. The van der Waals surface area contributed by atoms with E-state index in [-0.39, 0.29) is 18.4 Å². The molecule has 0 aliphatic rings. The van der Waals surface area contributed by atoms with Gasteiger partial charge in [-0.3, -0.25) is 9.52 Å². The molecule has 0 saturated heterocycles. The van der Waals surface area contributed by atoms with Crippen LogP contribution in [-0.2, 0) is 27.7 Å². The van der Waals surface area contributed by atoms with E-state index in [1.807, 2.05) is 13.0 Å². The summed E-state index contributed by atoms with van der Waals surface area (Å²) in [6.45, 7) is 1.88. The number of nitrogens with one attached hydrogen (secondary N) is 2. The van der Waals surface area contributed by atoms with Crippen LogP contribution in [0.15, 0.2) is 42.5 Å². The summed E-state index contributed by atoms with van der Waals surface area (Å²) in [7, 11) is -3.41. The van der Waals surface area contributed by atoms with Crippen LogP contribution in [0.3, 0.4) is 0 Å². The van der Waals surface area contributed by atoms with Gasteiger partial charge in [-0.05, 0) is 42.7 Å². The summed E-state index contributed by atoms with van der Waals surface area (Å²) in [6, 6.07) is 11.9. The van der Waals surface area contributed by atoms with Gasteiger partial charge < -0.3 is 5.32 Å². The predicted molar refractivity (Wildman–Crippen MR) is 106 cm³/mol. The Morgan fingerprint density at radius 3 is 2.46 bits per heavy atom. The molecule has 0 fully saturated rings. The Bertz CT molecular complexity index is 901. The van der Waals surface area contributed by atoms with Crippen molar-refractivity contribution in [3.8, 4) is 0 Å². The molecule has 0 saturated carbocycles. The molecule has 5 nitrogen and oxygen atoms in total. The molecule has 0 bridgehead atoms. The molecule has 2 aromatic carbocycles. The van der Waals surface area contributed by atoms with Gasteiger partial charge in [0.15, 0.2) is 0 Å². The molecule has 2 aromatic rings. The first kappa shape index (κ1) is 20.6. The van der Waals surface area contributed by atoms with Gasteiger partial charge in [-0.15, -0.1) is 0 Å². The summed E-state index contributed by atoms with van der Waals surface area (Å²) in [5, 5.41) is 4.02. The van der Waals surface area contributed by atoms with Crippen molar-refractivity contribution in [1.29, 1.82) is 0 Å². The first-order valence-electron chi connectivity index (χ1n) is 7.93. The lowest BCUT2D eigenvalue weighted by molar-refractivity contribution is -0.121. The fraction of sp³-hybridized carbons (Fsp3) is 0.278. The zero-order chi connectivity index (χ0) is 19.3. The number of anilines is 1. The predicted octanol–water partition coefficient (Wildman–Crippen LogP) is 3.65. The zero-order valence-electron chi connectivity index (χ0n) is 14.4. The molecule has 140 valence electrons. The first-order chi connectivity index (χ1) is 12.1. The summed E-state index contributed by atoms with van der Waals surface area (Å²) in [6.07, 6.45) is 1.70. The van der Waals surface area contributed by atoms with Gasteiger partial charge in [0.05, 0.1) is 18.4 Å². The number of hydrogen-bond acceptors (Lipinski definition) is 3. The van der Waals surface area contributed by atoms with E-state index in [9.17, 15) is 13.2 Å². The summed E-state index contributed by atoms with van der Waals surface area (Å²) in [4.78, 5) is 12.3. The minimum atomic E-state index is -3.41. The molecule has 0 spiro atoms. The highest BCUT2D eigenvalue weighted by Gasteiger charge is 2.14. The number of halogens is 2. The van der Waals surface area contributed by atoms with E-state index < -0.39 is 10.0 Å². The summed E-state index contributed by atoms with van der Waals surface area (Å²) in [5.74, 6) is -0.203. The van der Waals surface area contributed by atoms with Crippen LogP contribution in [0.5, 0.6) is 0 Å². The molecule has 2 N–H and O–H groups in total. The Hall–Kier alpha value is -1.76. The summed E-state index contributed by atoms with van der Waals surface area (Å²) >= 11 is 12.0. The SMILES string of the molecule is CC(Cc1ccc(Cl)cc1Cl)NC(=O)Cc1ccccc1NS(C)(=O)=O. The van der Waals surface area contributed by atoms with Crippen LogP contribution in [0.2, 0.25) is 10.0 Å². The molecule has 0 aromatic heterocycles.